The van der Waals surface area contributed by atoms with E-state index in [0.717, 1.165) is 27.1 Å². The normalized spacial score (nSPS) is 10.8. The molecule has 3 rings (SSSR count). The number of hydrogen-bond acceptors (Lipinski definition) is 1. The Morgan fingerprint density at radius 3 is 2.81 bits per heavy atom. The molecule has 0 fully saturated rings. The van der Waals surface area contributed by atoms with E-state index < -0.39 is 0 Å². The van der Waals surface area contributed by atoms with Crippen molar-refractivity contribution in [3.05, 3.63) is 53.9 Å². The van der Waals surface area contributed by atoms with E-state index in [2.05, 4.69) is 16.0 Å². The van der Waals surface area contributed by atoms with Crippen molar-refractivity contribution in [3.8, 4) is 11.1 Å². The van der Waals surface area contributed by atoms with Crippen molar-refractivity contribution in [2.75, 3.05) is 0 Å². The first-order valence-corrected chi connectivity index (χ1v) is 5.40. The molecule has 3 aromatic rings. The highest BCUT2D eigenvalue weighted by atomic mass is 35.5. The van der Waals surface area contributed by atoms with Gasteiger partial charge in [-0.15, -0.1) is 0 Å². The number of aromatic amines is 1. The molecule has 2 heterocycles. The maximum atomic E-state index is 6.16. The van der Waals surface area contributed by atoms with E-state index >= 15 is 0 Å². The van der Waals surface area contributed by atoms with Crippen molar-refractivity contribution in [2.45, 2.75) is 0 Å². The second-order valence-corrected chi connectivity index (χ2v) is 4.01. The largest absolute Gasteiger partial charge is 0.361 e. The smallest absolute Gasteiger partial charge is 0.0515 e. The fourth-order valence-corrected chi connectivity index (χ4v) is 2.08. The van der Waals surface area contributed by atoms with E-state index in [4.69, 9.17) is 11.6 Å². The molecule has 0 unspecified atom stereocenters. The van der Waals surface area contributed by atoms with E-state index in [1.54, 1.807) is 18.5 Å². The average molecular weight is 229 g/mol. The van der Waals surface area contributed by atoms with Crippen molar-refractivity contribution < 1.29 is 0 Å². The first kappa shape index (κ1) is 9.43. The molecule has 1 aromatic carbocycles. The van der Waals surface area contributed by atoms with Crippen LogP contribution in [0.4, 0.5) is 0 Å². The highest BCUT2D eigenvalue weighted by molar-refractivity contribution is 6.33. The molecule has 0 amide bonds. The maximum Gasteiger partial charge on any atom is 0.0515 e. The van der Waals surface area contributed by atoms with Crippen LogP contribution in [-0.2, 0) is 0 Å². The monoisotopic (exact) mass is 228 g/mol. The summed E-state index contributed by atoms with van der Waals surface area (Å²) in [6, 6.07) is 9.95. The summed E-state index contributed by atoms with van der Waals surface area (Å²) in [5.74, 6) is 0. The SMILES string of the molecule is Clc1ccncc1-c1c[nH]c2ccccc12. The number of rotatable bonds is 1. The Morgan fingerprint density at radius 2 is 1.94 bits per heavy atom. The third kappa shape index (κ3) is 1.39. The van der Waals surface area contributed by atoms with Gasteiger partial charge < -0.3 is 4.98 Å². The predicted octanol–water partition coefficient (Wildman–Crippen LogP) is 3.88. The lowest BCUT2D eigenvalue weighted by molar-refractivity contribution is 1.33. The van der Waals surface area contributed by atoms with E-state index in [-0.39, 0.29) is 0 Å². The highest BCUT2D eigenvalue weighted by Crippen LogP contribution is 2.32. The molecular weight excluding hydrogens is 220 g/mol. The highest BCUT2D eigenvalue weighted by Gasteiger charge is 2.08. The first-order chi connectivity index (χ1) is 7.86. The number of nitrogens with zero attached hydrogens (tertiary/aromatic N) is 1. The summed E-state index contributed by atoms with van der Waals surface area (Å²) in [6.45, 7) is 0. The lowest BCUT2D eigenvalue weighted by Gasteiger charge is -2.01. The number of hydrogen-bond donors (Lipinski definition) is 1. The van der Waals surface area contributed by atoms with Crippen LogP contribution in [-0.4, -0.2) is 9.97 Å². The van der Waals surface area contributed by atoms with Gasteiger partial charge in [0.15, 0.2) is 0 Å². The van der Waals surface area contributed by atoms with Crippen molar-refractivity contribution in [1.82, 2.24) is 9.97 Å². The van der Waals surface area contributed by atoms with Gasteiger partial charge in [0.2, 0.25) is 0 Å². The van der Waals surface area contributed by atoms with Crippen LogP contribution in [0.15, 0.2) is 48.9 Å². The van der Waals surface area contributed by atoms with Crippen LogP contribution in [0.25, 0.3) is 22.0 Å². The summed E-state index contributed by atoms with van der Waals surface area (Å²) in [5.41, 5.74) is 3.16. The molecule has 0 atom stereocenters. The Balaban J connectivity index is 2.31. The number of halogens is 1. The van der Waals surface area contributed by atoms with Gasteiger partial charge in [0.1, 0.15) is 0 Å². The molecule has 1 N–H and O–H groups in total. The van der Waals surface area contributed by atoms with Crippen molar-refractivity contribution in [3.63, 3.8) is 0 Å². The molecule has 2 nitrogen and oxygen atoms in total. The Labute approximate surface area is 97.9 Å². The lowest BCUT2D eigenvalue weighted by atomic mass is 10.1. The third-order valence-electron chi connectivity index (χ3n) is 2.65. The molecule has 0 saturated carbocycles. The van der Waals surface area contributed by atoms with Gasteiger partial charge in [-0.1, -0.05) is 29.8 Å². The summed E-state index contributed by atoms with van der Waals surface area (Å²) in [6.07, 6.45) is 5.45. The molecule has 78 valence electrons. The van der Waals surface area contributed by atoms with Crippen molar-refractivity contribution in [1.29, 1.82) is 0 Å². The molecular formula is C13H9ClN2. The van der Waals surface area contributed by atoms with Gasteiger partial charge in [-0.3, -0.25) is 4.98 Å². The van der Waals surface area contributed by atoms with Gasteiger partial charge >= 0.3 is 0 Å². The lowest BCUT2D eigenvalue weighted by Crippen LogP contribution is -1.79. The number of fused-ring (bicyclic) bond motifs is 1. The van der Waals surface area contributed by atoms with Crippen LogP contribution in [0.3, 0.4) is 0 Å². The predicted molar refractivity (Wildman–Crippen MR) is 66.5 cm³/mol. The Bertz CT molecular complexity index is 643. The number of nitrogens with one attached hydrogen (secondary N) is 1. The van der Waals surface area contributed by atoms with E-state index in [0.29, 0.717) is 0 Å². The third-order valence-corrected chi connectivity index (χ3v) is 2.98. The van der Waals surface area contributed by atoms with Gasteiger partial charge in [0, 0.05) is 40.6 Å². The van der Waals surface area contributed by atoms with Gasteiger partial charge in [0.25, 0.3) is 0 Å². The van der Waals surface area contributed by atoms with Gasteiger partial charge in [-0.2, -0.15) is 0 Å². The summed E-state index contributed by atoms with van der Waals surface area (Å²) >= 11 is 6.16. The van der Waals surface area contributed by atoms with Crippen LogP contribution in [0, 0.1) is 0 Å². The summed E-state index contributed by atoms with van der Waals surface area (Å²) in [7, 11) is 0. The quantitative estimate of drug-likeness (QED) is 0.673. The van der Waals surface area contributed by atoms with Crippen LogP contribution in [0.2, 0.25) is 5.02 Å². The van der Waals surface area contributed by atoms with E-state index in [1.807, 2.05) is 24.4 Å². The van der Waals surface area contributed by atoms with Crippen molar-refractivity contribution >= 4 is 22.5 Å². The van der Waals surface area contributed by atoms with Crippen molar-refractivity contribution in [2.24, 2.45) is 0 Å². The molecule has 0 aliphatic carbocycles. The molecule has 0 aliphatic rings. The Morgan fingerprint density at radius 1 is 1.06 bits per heavy atom. The zero-order chi connectivity index (χ0) is 11.0. The van der Waals surface area contributed by atoms with Crippen LogP contribution in [0.5, 0.6) is 0 Å². The number of aromatic nitrogens is 2. The van der Waals surface area contributed by atoms with Crippen LogP contribution in [0.1, 0.15) is 0 Å². The fourth-order valence-electron chi connectivity index (χ4n) is 1.87. The molecule has 0 spiro atoms. The Hall–Kier alpha value is -1.80. The molecule has 2 aromatic heterocycles. The minimum Gasteiger partial charge on any atom is -0.361 e. The van der Waals surface area contributed by atoms with Gasteiger partial charge in [-0.05, 0) is 12.1 Å². The number of pyridine rings is 1. The first-order valence-electron chi connectivity index (χ1n) is 5.02. The Kier molecular flexibility index (Phi) is 2.15. The fraction of sp³-hybridized carbons (Fsp3) is 0. The van der Waals surface area contributed by atoms with Crippen LogP contribution >= 0.6 is 11.6 Å². The average Bonchev–Trinajstić information content (AvgIpc) is 2.74. The number of para-hydroxylation sites is 1. The molecule has 0 bridgehead atoms. The minimum absolute atomic E-state index is 0.722. The molecule has 0 radical (unpaired) electrons. The second-order valence-electron chi connectivity index (χ2n) is 3.60. The zero-order valence-corrected chi connectivity index (χ0v) is 9.20. The van der Waals surface area contributed by atoms with E-state index in [9.17, 15) is 0 Å². The topological polar surface area (TPSA) is 28.7 Å². The summed E-state index contributed by atoms with van der Waals surface area (Å²) < 4.78 is 0. The van der Waals surface area contributed by atoms with Gasteiger partial charge in [0.05, 0.1) is 5.02 Å². The van der Waals surface area contributed by atoms with E-state index in [1.165, 1.54) is 0 Å². The van der Waals surface area contributed by atoms with Gasteiger partial charge in [-0.25, -0.2) is 0 Å². The summed E-state index contributed by atoms with van der Waals surface area (Å²) in [4.78, 5) is 7.34. The standard InChI is InChI=1S/C13H9ClN2/c14-12-5-6-15-7-11(12)10-8-16-13-4-2-1-3-9(10)13/h1-8,16H. The zero-order valence-electron chi connectivity index (χ0n) is 8.44. The molecule has 0 saturated heterocycles. The molecule has 3 heteroatoms. The number of benzene rings is 1. The molecule has 0 aliphatic heterocycles. The molecule has 16 heavy (non-hydrogen) atoms. The van der Waals surface area contributed by atoms with Crippen LogP contribution < -0.4 is 0 Å². The second kappa shape index (κ2) is 3.65. The summed E-state index contributed by atoms with van der Waals surface area (Å²) in [5, 5.41) is 1.89. The minimum atomic E-state index is 0.722. The maximum absolute atomic E-state index is 6.16. The number of H-pyrrole nitrogens is 1.